The third-order valence-electron chi connectivity index (χ3n) is 1.71. The Labute approximate surface area is 131 Å². The largest absolute Gasteiger partial charge is 0.481 e. The molecular formula is C16H36O5. The van der Waals surface area contributed by atoms with Crippen LogP contribution in [0.25, 0.3) is 0 Å². The summed E-state index contributed by atoms with van der Waals surface area (Å²) >= 11 is 0. The molecule has 0 aliphatic heterocycles. The Hall–Kier alpha value is -1.10. The lowest BCUT2D eigenvalue weighted by Crippen LogP contribution is -1.95. The average molecular weight is 308 g/mol. The molecule has 21 heavy (non-hydrogen) atoms. The van der Waals surface area contributed by atoms with E-state index in [9.17, 15) is 4.79 Å². The molecule has 0 saturated heterocycles. The summed E-state index contributed by atoms with van der Waals surface area (Å²) in [5, 5.41) is 7.42. The summed E-state index contributed by atoms with van der Waals surface area (Å²) in [4.78, 5) is 18.8. The molecule has 0 amide bonds. The smallest absolute Gasteiger partial charge is 0.302 e. The van der Waals surface area contributed by atoms with Crippen molar-refractivity contribution in [1.29, 1.82) is 0 Å². The molecule has 0 spiro atoms. The summed E-state index contributed by atoms with van der Waals surface area (Å²) in [5.74, 6) is -1.04. The first kappa shape index (κ1) is 28.1. The van der Waals surface area contributed by atoms with Gasteiger partial charge in [-0.2, -0.15) is 0 Å². The second kappa shape index (κ2) is 31.3. The van der Waals surface area contributed by atoms with Gasteiger partial charge < -0.3 is 14.6 Å². The van der Waals surface area contributed by atoms with E-state index in [1.165, 1.54) is 32.6 Å². The van der Waals surface area contributed by atoms with Gasteiger partial charge in [-0.1, -0.05) is 39.5 Å². The number of unbranched alkanes of at least 4 members (excludes halogenated alkanes) is 3. The maximum atomic E-state index is 9.82. The maximum absolute atomic E-state index is 9.82. The second-order valence-electron chi connectivity index (χ2n) is 3.93. The van der Waals surface area contributed by atoms with Crippen LogP contribution >= 0.6 is 0 Å². The summed E-state index contributed by atoms with van der Waals surface area (Å²) in [6, 6.07) is 0. The van der Waals surface area contributed by atoms with Crippen LogP contribution in [0, 0.1) is 0 Å². The molecule has 0 bridgehead atoms. The van der Waals surface area contributed by atoms with Crippen LogP contribution in [0.5, 0.6) is 0 Å². The van der Waals surface area contributed by atoms with Crippen molar-refractivity contribution in [2.24, 2.45) is 0 Å². The molecule has 0 radical (unpaired) electrons. The van der Waals surface area contributed by atoms with Crippen LogP contribution in [0.1, 0.15) is 74.1 Å². The van der Waals surface area contributed by atoms with Gasteiger partial charge in [0.2, 0.25) is 0 Å². The molecule has 0 saturated carbocycles. The number of carboxylic acids is 1. The predicted octanol–water partition coefficient (Wildman–Crippen LogP) is 4.29. The summed E-state index contributed by atoms with van der Waals surface area (Å²) in [7, 11) is 0. The zero-order chi connectivity index (χ0) is 17.5. The SMILES string of the molecule is CC(=O)O.CCCCCC.CCOC(C)=O.CCOCC. The van der Waals surface area contributed by atoms with Gasteiger partial charge in [-0.15, -0.1) is 0 Å². The molecule has 0 aliphatic rings. The number of carbonyl (C=O) groups is 2. The molecule has 0 aromatic carbocycles. The topological polar surface area (TPSA) is 72.8 Å². The first-order chi connectivity index (χ1) is 9.83. The number of hydrogen-bond donors (Lipinski definition) is 1. The van der Waals surface area contributed by atoms with Gasteiger partial charge in [0.05, 0.1) is 6.61 Å². The van der Waals surface area contributed by atoms with E-state index >= 15 is 0 Å². The number of carboxylic acid groups (broad SMARTS) is 1. The Balaban J connectivity index is -0.0000000929. The van der Waals surface area contributed by atoms with Crippen LogP contribution in [0.2, 0.25) is 0 Å². The van der Waals surface area contributed by atoms with Gasteiger partial charge >= 0.3 is 5.97 Å². The van der Waals surface area contributed by atoms with Crippen LogP contribution in [-0.4, -0.2) is 36.9 Å². The fourth-order valence-corrected chi connectivity index (χ4v) is 0.907. The van der Waals surface area contributed by atoms with Crippen molar-refractivity contribution >= 4 is 11.9 Å². The Morgan fingerprint density at radius 2 is 1.14 bits per heavy atom. The fraction of sp³-hybridized carbons (Fsp3) is 0.875. The molecular weight excluding hydrogens is 272 g/mol. The third kappa shape index (κ3) is 113. The molecule has 0 fully saturated rings. The van der Waals surface area contributed by atoms with E-state index in [2.05, 4.69) is 18.6 Å². The highest BCUT2D eigenvalue weighted by Gasteiger charge is 1.81. The maximum Gasteiger partial charge on any atom is 0.302 e. The van der Waals surface area contributed by atoms with E-state index in [1.807, 2.05) is 13.8 Å². The normalized spacial score (nSPS) is 7.95. The Morgan fingerprint density at radius 3 is 1.19 bits per heavy atom. The van der Waals surface area contributed by atoms with Gasteiger partial charge in [0.25, 0.3) is 5.97 Å². The van der Waals surface area contributed by atoms with Crippen LogP contribution in [-0.2, 0) is 19.1 Å². The van der Waals surface area contributed by atoms with Crippen molar-refractivity contribution in [2.75, 3.05) is 19.8 Å². The minimum absolute atomic E-state index is 0.211. The highest BCUT2D eigenvalue weighted by Crippen LogP contribution is 1.95. The van der Waals surface area contributed by atoms with E-state index < -0.39 is 5.97 Å². The van der Waals surface area contributed by atoms with Crippen molar-refractivity contribution in [3.05, 3.63) is 0 Å². The van der Waals surface area contributed by atoms with E-state index in [-0.39, 0.29) is 5.97 Å². The monoisotopic (exact) mass is 308 g/mol. The van der Waals surface area contributed by atoms with Crippen LogP contribution in [0.3, 0.4) is 0 Å². The molecule has 1 N–H and O–H groups in total. The molecule has 0 aromatic heterocycles. The highest BCUT2D eigenvalue weighted by molar-refractivity contribution is 5.65. The van der Waals surface area contributed by atoms with Crippen LogP contribution in [0.4, 0.5) is 0 Å². The van der Waals surface area contributed by atoms with Gasteiger partial charge in [-0.25, -0.2) is 0 Å². The van der Waals surface area contributed by atoms with Gasteiger partial charge in [-0.3, -0.25) is 9.59 Å². The minimum atomic E-state index is -0.833. The molecule has 0 unspecified atom stereocenters. The summed E-state index contributed by atoms with van der Waals surface area (Å²) in [5.41, 5.74) is 0. The first-order valence-electron chi connectivity index (χ1n) is 7.74. The van der Waals surface area contributed by atoms with E-state index in [1.54, 1.807) is 6.92 Å². The quantitative estimate of drug-likeness (QED) is 0.585. The lowest BCUT2D eigenvalue weighted by molar-refractivity contribution is -0.140. The Kier molecular flexibility index (Phi) is 42.0. The molecule has 0 aliphatic carbocycles. The molecule has 0 rings (SSSR count). The molecule has 0 atom stereocenters. The zero-order valence-corrected chi connectivity index (χ0v) is 15.0. The second-order valence-corrected chi connectivity index (χ2v) is 3.93. The first-order valence-corrected chi connectivity index (χ1v) is 7.74. The molecule has 130 valence electrons. The third-order valence-corrected chi connectivity index (χ3v) is 1.71. The van der Waals surface area contributed by atoms with Crippen molar-refractivity contribution in [3.8, 4) is 0 Å². The summed E-state index contributed by atoms with van der Waals surface area (Å²) in [6.45, 7) is 14.9. The minimum Gasteiger partial charge on any atom is -0.481 e. The predicted molar refractivity (Wildman–Crippen MR) is 87.6 cm³/mol. The number of carbonyl (C=O) groups excluding carboxylic acids is 1. The lowest BCUT2D eigenvalue weighted by Gasteiger charge is -1.89. The molecule has 5 heteroatoms. The standard InChI is InChI=1S/C6H14.C4H8O2.C4H10O.C2H4O2/c1-3-5-6-4-2;1-3-6-4(2)5;1-3-5-4-2;1-2(3)4/h3-6H2,1-2H3;3H2,1-2H3;3-4H2,1-2H3;1H3,(H,3,4). The van der Waals surface area contributed by atoms with Gasteiger partial charge in [0.1, 0.15) is 0 Å². The van der Waals surface area contributed by atoms with Crippen molar-refractivity contribution in [1.82, 2.24) is 0 Å². The number of hydrogen-bond acceptors (Lipinski definition) is 4. The van der Waals surface area contributed by atoms with Gasteiger partial charge in [0, 0.05) is 27.1 Å². The Bertz CT molecular complexity index is 183. The molecule has 0 aromatic rings. The Morgan fingerprint density at radius 1 is 0.810 bits per heavy atom. The summed E-state index contributed by atoms with van der Waals surface area (Å²) in [6.07, 6.45) is 5.54. The van der Waals surface area contributed by atoms with E-state index in [0.717, 1.165) is 20.1 Å². The van der Waals surface area contributed by atoms with Crippen LogP contribution < -0.4 is 0 Å². The van der Waals surface area contributed by atoms with Crippen LogP contribution in [0.15, 0.2) is 0 Å². The number of aliphatic carboxylic acids is 1. The van der Waals surface area contributed by atoms with Crippen molar-refractivity contribution < 1.29 is 24.2 Å². The zero-order valence-electron chi connectivity index (χ0n) is 15.0. The molecule has 5 nitrogen and oxygen atoms in total. The fourth-order valence-electron chi connectivity index (χ4n) is 0.907. The summed E-state index contributed by atoms with van der Waals surface area (Å²) < 4.78 is 9.24. The number of esters is 1. The van der Waals surface area contributed by atoms with E-state index in [0.29, 0.717) is 6.61 Å². The number of ether oxygens (including phenoxy) is 2. The molecule has 0 heterocycles. The highest BCUT2D eigenvalue weighted by atomic mass is 16.5. The average Bonchev–Trinajstić information content (AvgIpc) is 2.38. The van der Waals surface area contributed by atoms with Gasteiger partial charge in [-0.05, 0) is 20.8 Å². The number of rotatable bonds is 6. The van der Waals surface area contributed by atoms with Crippen molar-refractivity contribution in [2.45, 2.75) is 74.1 Å². The van der Waals surface area contributed by atoms with Crippen molar-refractivity contribution in [3.63, 3.8) is 0 Å². The lowest BCUT2D eigenvalue weighted by atomic mass is 10.2. The van der Waals surface area contributed by atoms with E-state index in [4.69, 9.17) is 14.6 Å². The van der Waals surface area contributed by atoms with Gasteiger partial charge in [0.15, 0.2) is 0 Å².